The Kier molecular flexibility index (Phi) is 2.87. The number of rotatable bonds is 1. The fraction of sp³-hybridized carbons (Fsp3) is 0.176. The van der Waals surface area contributed by atoms with Gasteiger partial charge in [0, 0.05) is 4.47 Å². The highest BCUT2D eigenvalue weighted by atomic mass is 79.9. The Morgan fingerprint density at radius 1 is 1.06 bits per heavy atom. The number of hydrogen-bond donors (Lipinski definition) is 0. The molecule has 0 saturated carbocycles. The first-order valence-electron chi connectivity index (χ1n) is 6.23. The highest BCUT2D eigenvalue weighted by molar-refractivity contribution is 9.10. The molecule has 0 bridgehead atoms. The van der Waals surface area contributed by atoms with Crippen LogP contribution in [-0.2, 0) is 6.42 Å². The molecular formula is C17H15Br. The Labute approximate surface area is 116 Å². The van der Waals surface area contributed by atoms with Gasteiger partial charge in [0.15, 0.2) is 0 Å². The van der Waals surface area contributed by atoms with Crippen molar-refractivity contribution in [1.82, 2.24) is 0 Å². The maximum atomic E-state index is 3.67. The summed E-state index contributed by atoms with van der Waals surface area (Å²) in [4.78, 5) is 0. The number of fused-ring (bicyclic) bond motifs is 1. The first-order chi connectivity index (χ1) is 8.68. The Balaban J connectivity index is 2.32. The van der Waals surface area contributed by atoms with Crippen molar-refractivity contribution in [3.05, 3.63) is 63.1 Å². The molecule has 0 atom stereocenters. The number of halogens is 1. The van der Waals surface area contributed by atoms with E-state index in [0.717, 1.165) is 6.42 Å². The molecule has 0 unspecified atom stereocenters. The van der Waals surface area contributed by atoms with E-state index in [0.29, 0.717) is 0 Å². The molecule has 0 aromatic heterocycles. The lowest BCUT2D eigenvalue weighted by Crippen LogP contribution is -1.95. The van der Waals surface area contributed by atoms with Crippen LogP contribution in [-0.4, -0.2) is 0 Å². The molecule has 2 aromatic carbocycles. The molecule has 0 heterocycles. The maximum Gasteiger partial charge on any atom is 0.0253 e. The Morgan fingerprint density at radius 3 is 2.61 bits per heavy atom. The Morgan fingerprint density at radius 2 is 1.83 bits per heavy atom. The third-order valence-corrected chi connectivity index (χ3v) is 4.30. The van der Waals surface area contributed by atoms with Crippen LogP contribution in [0.15, 0.2) is 40.9 Å². The largest absolute Gasteiger partial charge is 0.0794 e. The van der Waals surface area contributed by atoms with Gasteiger partial charge >= 0.3 is 0 Å². The molecule has 1 aliphatic rings. The molecule has 18 heavy (non-hydrogen) atoms. The summed E-state index contributed by atoms with van der Waals surface area (Å²) in [5, 5.41) is 0. The van der Waals surface area contributed by atoms with E-state index < -0.39 is 0 Å². The second-order valence-corrected chi connectivity index (χ2v) is 5.72. The van der Waals surface area contributed by atoms with Gasteiger partial charge in [-0.25, -0.2) is 0 Å². The van der Waals surface area contributed by atoms with Gasteiger partial charge in [-0.2, -0.15) is 0 Å². The minimum absolute atomic E-state index is 1.04. The number of benzene rings is 2. The summed E-state index contributed by atoms with van der Waals surface area (Å²) in [5.74, 6) is 0. The molecule has 0 aliphatic heterocycles. The molecule has 0 saturated heterocycles. The Bertz CT molecular complexity index is 651. The van der Waals surface area contributed by atoms with Crippen LogP contribution in [0, 0.1) is 13.8 Å². The highest BCUT2D eigenvalue weighted by Gasteiger charge is 2.17. The van der Waals surface area contributed by atoms with Crippen LogP contribution < -0.4 is 0 Å². The SMILES string of the molecule is Cc1ccccc1-c1c(C)cc(Br)c2c1CC=C2. The summed E-state index contributed by atoms with van der Waals surface area (Å²) in [6.07, 6.45) is 5.51. The summed E-state index contributed by atoms with van der Waals surface area (Å²) in [5.41, 5.74) is 8.27. The molecule has 1 aliphatic carbocycles. The van der Waals surface area contributed by atoms with Crippen LogP contribution in [0.1, 0.15) is 22.3 Å². The van der Waals surface area contributed by atoms with Crippen molar-refractivity contribution in [1.29, 1.82) is 0 Å². The van der Waals surface area contributed by atoms with Gasteiger partial charge in [0.25, 0.3) is 0 Å². The fourth-order valence-corrected chi connectivity index (χ4v) is 3.49. The highest BCUT2D eigenvalue weighted by Crippen LogP contribution is 2.39. The second kappa shape index (κ2) is 4.40. The number of hydrogen-bond acceptors (Lipinski definition) is 0. The predicted octanol–water partition coefficient (Wildman–Crippen LogP) is 5.30. The van der Waals surface area contributed by atoms with E-state index >= 15 is 0 Å². The minimum Gasteiger partial charge on any atom is -0.0794 e. The van der Waals surface area contributed by atoms with Crippen molar-refractivity contribution in [2.75, 3.05) is 0 Å². The lowest BCUT2D eigenvalue weighted by Gasteiger charge is -2.16. The molecule has 2 aromatic rings. The molecule has 0 spiro atoms. The number of aryl methyl sites for hydroxylation is 2. The first-order valence-corrected chi connectivity index (χ1v) is 7.02. The van der Waals surface area contributed by atoms with Gasteiger partial charge in [-0.3, -0.25) is 0 Å². The maximum absolute atomic E-state index is 3.67. The van der Waals surface area contributed by atoms with Gasteiger partial charge in [0.2, 0.25) is 0 Å². The van der Waals surface area contributed by atoms with Gasteiger partial charge in [0.05, 0.1) is 0 Å². The van der Waals surface area contributed by atoms with Crippen molar-refractivity contribution in [2.24, 2.45) is 0 Å². The van der Waals surface area contributed by atoms with Gasteiger partial charge in [0.1, 0.15) is 0 Å². The van der Waals surface area contributed by atoms with Gasteiger partial charge in [-0.05, 0) is 59.7 Å². The van der Waals surface area contributed by atoms with Crippen LogP contribution in [0.3, 0.4) is 0 Å². The second-order valence-electron chi connectivity index (χ2n) is 4.86. The number of allylic oxidation sites excluding steroid dienone is 1. The lowest BCUT2D eigenvalue weighted by atomic mass is 9.90. The van der Waals surface area contributed by atoms with Crippen LogP contribution >= 0.6 is 15.9 Å². The Hall–Kier alpha value is -1.34. The van der Waals surface area contributed by atoms with Crippen LogP contribution in [0.5, 0.6) is 0 Å². The van der Waals surface area contributed by atoms with E-state index in [9.17, 15) is 0 Å². The van der Waals surface area contributed by atoms with E-state index in [2.05, 4.69) is 72.3 Å². The zero-order valence-corrected chi connectivity index (χ0v) is 12.2. The van der Waals surface area contributed by atoms with Crippen LogP contribution in [0.25, 0.3) is 17.2 Å². The van der Waals surface area contributed by atoms with E-state index in [4.69, 9.17) is 0 Å². The quantitative estimate of drug-likeness (QED) is 0.670. The molecular weight excluding hydrogens is 284 g/mol. The van der Waals surface area contributed by atoms with Crippen molar-refractivity contribution < 1.29 is 0 Å². The summed E-state index contributed by atoms with van der Waals surface area (Å²) in [7, 11) is 0. The van der Waals surface area contributed by atoms with Crippen molar-refractivity contribution in [2.45, 2.75) is 20.3 Å². The zero-order valence-electron chi connectivity index (χ0n) is 10.6. The summed E-state index contributed by atoms with van der Waals surface area (Å²) in [6.45, 7) is 4.39. The first kappa shape index (κ1) is 11.7. The molecule has 0 radical (unpaired) electrons. The normalized spacial score (nSPS) is 12.8. The van der Waals surface area contributed by atoms with Crippen LogP contribution in [0.4, 0.5) is 0 Å². The van der Waals surface area contributed by atoms with Crippen LogP contribution in [0.2, 0.25) is 0 Å². The average Bonchev–Trinajstić information content (AvgIpc) is 2.81. The standard InChI is InChI=1S/C17H15Br/c1-11-6-3-4-7-13(11)17-12(2)10-16(18)14-8-5-9-15(14)17/h3-8,10H,9H2,1-2H3. The van der Waals surface area contributed by atoms with Crippen molar-refractivity contribution in [3.63, 3.8) is 0 Å². The molecule has 0 nitrogen and oxygen atoms in total. The van der Waals surface area contributed by atoms with E-state index in [1.165, 1.54) is 37.9 Å². The van der Waals surface area contributed by atoms with Crippen molar-refractivity contribution in [3.8, 4) is 11.1 Å². The van der Waals surface area contributed by atoms with E-state index in [-0.39, 0.29) is 0 Å². The summed E-state index contributed by atoms with van der Waals surface area (Å²) in [6, 6.07) is 10.9. The molecule has 0 N–H and O–H groups in total. The van der Waals surface area contributed by atoms with Gasteiger partial charge < -0.3 is 0 Å². The smallest absolute Gasteiger partial charge is 0.0253 e. The predicted molar refractivity (Wildman–Crippen MR) is 81.8 cm³/mol. The fourth-order valence-electron chi connectivity index (χ4n) is 2.77. The van der Waals surface area contributed by atoms with Gasteiger partial charge in [-0.1, -0.05) is 52.3 Å². The third kappa shape index (κ3) is 1.74. The summed E-state index contributed by atoms with van der Waals surface area (Å²) >= 11 is 3.67. The van der Waals surface area contributed by atoms with E-state index in [1.807, 2.05) is 0 Å². The average molecular weight is 299 g/mol. The zero-order chi connectivity index (χ0) is 12.7. The van der Waals surface area contributed by atoms with E-state index in [1.54, 1.807) is 0 Å². The topological polar surface area (TPSA) is 0 Å². The minimum atomic E-state index is 1.04. The van der Waals surface area contributed by atoms with Gasteiger partial charge in [-0.15, -0.1) is 0 Å². The monoisotopic (exact) mass is 298 g/mol. The summed E-state index contributed by atoms with van der Waals surface area (Å²) < 4.78 is 1.21. The third-order valence-electron chi connectivity index (χ3n) is 3.64. The molecule has 1 heteroatoms. The molecule has 0 amide bonds. The molecule has 3 rings (SSSR count). The lowest BCUT2D eigenvalue weighted by molar-refractivity contribution is 1.26. The molecule has 0 fully saturated rings. The molecule has 90 valence electrons. The van der Waals surface area contributed by atoms with Crippen molar-refractivity contribution >= 4 is 22.0 Å².